The second kappa shape index (κ2) is 8.61. The maximum absolute atomic E-state index is 12.9. The van der Waals surface area contributed by atoms with Crippen LogP contribution in [0.15, 0.2) is 70.7 Å². The standard InChI is InChI=1S/C23H19N3O4S/c1-3-26-18-11-8-15(13-19(18)31-21-17(22(26)28)5-4-12-24-21)20(27)25-16-9-6-14(7-10-16)23(29)30-2/h4-13H,3H2,1-2H3,(H,25,27). The minimum atomic E-state index is -0.440. The van der Waals surface area contributed by atoms with Gasteiger partial charge in [-0.25, -0.2) is 9.78 Å². The van der Waals surface area contributed by atoms with E-state index in [0.29, 0.717) is 33.9 Å². The van der Waals surface area contributed by atoms with Crippen molar-refractivity contribution in [2.45, 2.75) is 16.8 Å². The Bertz CT molecular complexity index is 1180. The third kappa shape index (κ3) is 4.02. The quantitative estimate of drug-likeness (QED) is 0.619. The third-order valence-corrected chi connectivity index (χ3v) is 5.91. The van der Waals surface area contributed by atoms with Crippen molar-refractivity contribution >= 4 is 40.9 Å². The Morgan fingerprint density at radius 3 is 2.55 bits per heavy atom. The lowest BCUT2D eigenvalue weighted by Gasteiger charge is -2.21. The fourth-order valence-electron chi connectivity index (χ4n) is 3.28. The van der Waals surface area contributed by atoms with Crippen molar-refractivity contribution in [1.29, 1.82) is 0 Å². The van der Waals surface area contributed by atoms with E-state index in [2.05, 4.69) is 15.0 Å². The molecule has 4 rings (SSSR count). The molecule has 8 heteroatoms. The molecule has 2 amide bonds. The number of nitrogens with one attached hydrogen (secondary N) is 1. The van der Waals surface area contributed by atoms with Gasteiger partial charge in [0.25, 0.3) is 11.8 Å². The maximum Gasteiger partial charge on any atom is 0.337 e. The molecule has 1 aliphatic heterocycles. The normalized spacial score (nSPS) is 12.5. The van der Waals surface area contributed by atoms with Gasteiger partial charge in [0.2, 0.25) is 0 Å². The van der Waals surface area contributed by atoms with E-state index >= 15 is 0 Å². The Labute approximate surface area is 183 Å². The highest BCUT2D eigenvalue weighted by Gasteiger charge is 2.27. The molecule has 0 radical (unpaired) electrons. The van der Waals surface area contributed by atoms with Gasteiger partial charge >= 0.3 is 5.97 Å². The molecule has 1 N–H and O–H groups in total. The van der Waals surface area contributed by atoms with Crippen LogP contribution in [0.3, 0.4) is 0 Å². The van der Waals surface area contributed by atoms with Crippen molar-refractivity contribution in [3.63, 3.8) is 0 Å². The number of fused-ring (bicyclic) bond motifs is 2. The van der Waals surface area contributed by atoms with E-state index in [4.69, 9.17) is 0 Å². The van der Waals surface area contributed by atoms with Crippen molar-refractivity contribution in [3.05, 3.63) is 77.5 Å². The monoisotopic (exact) mass is 433 g/mol. The van der Waals surface area contributed by atoms with Gasteiger partial charge in [0.15, 0.2) is 0 Å². The van der Waals surface area contributed by atoms with E-state index in [1.807, 2.05) is 6.92 Å². The maximum atomic E-state index is 12.9. The number of aromatic nitrogens is 1. The first kappa shape index (κ1) is 20.6. The summed E-state index contributed by atoms with van der Waals surface area (Å²) in [6.07, 6.45) is 1.65. The Morgan fingerprint density at radius 2 is 1.84 bits per heavy atom. The van der Waals surface area contributed by atoms with Gasteiger partial charge in [-0.15, -0.1) is 0 Å². The van der Waals surface area contributed by atoms with Gasteiger partial charge in [-0.05, 0) is 61.5 Å². The Hall–Kier alpha value is -3.65. The van der Waals surface area contributed by atoms with Gasteiger partial charge in [-0.3, -0.25) is 9.59 Å². The molecule has 0 spiro atoms. The second-order valence-corrected chi connectivity index (χ2v) is 7.74. The lowest BCUT2D eigenvalue weighted by molar-refractivity contribution is 0.0600. The predicted molar refractivity (Wildman–Crippen MR) is 118 cm³/mol. The summed E-state index contributed by atoms with van der Waals surface area (Å²) < 4.78 is 4.68. The average Bonchev–Trinajstić information content (AvgIpc) is 2.92. The molecule has 156 valence electrons. The number of carbonyl (C=O) groups is 3. The van der Waals surface area contributed by atoms with Gasteiger partial charge in [-0.2, -0.15) is 0 Å². The Kier molecular flexibility index (Phi) is 5.73. The van der Waals surface area contributed by atoms with Crippen molar-refractivity contribution in [1.82, 2.24) is 4.98 Å². The van der Waals surface area contributed by atoms with E-state index in [1.165, 1.54) is 18.9 Å². The summed E-state index contributed by atoms with van der Waals surface area (Å²) in [5, 5.41) is 3.43. The molecule has 0 saturated heterocycles. The topological polar surface area (TPSA) is 88.6 Å². The first-order chi connectivity index (χ1) is 15.0. The third-order valence-electron chi connectivity index (χ3n) is 4.85. The lowest BCUT2D eigenvalue weighted by atomic mass is 10.1. The molecule has 1 aliphatic rings. The number of rotatable bonds is 4. The van der Waals surface area contributed by atoms with Crippen molar-refractivity contribution < 1.29 is 19.1 Å². The van der Waals surface area contributed by atoms with Crippen LogP contribution in [0.4, 0.5) is 11.4 Å². The smallest absolute Gasteiger partial charge is 0.337 e. The van der Waals surface area contributed by atoms with Crippen molar-refractivity contribution in [2.24, 2.45) is 0 Å². The zero-order valence-electron chi connectivity index (χ0n) is 16.9. The summed E-state index contributed by atoms with van der Waals surface area (Å²) in [6, 6.07) is 15.2. The van der Waals surface area contributed by atoms with Crippen LogP contribution < -0.4 is 10.2 Å². The number of amides is 2. The molecule has 2 heterocycles. The molecule has 31 heavy (non-hydrogen) atoms. The number of esters is 1. The van der Waals surface area contributed by atoms with Gasteiger partial charge in [0.05, 0.1) is 23.9 Å². The van der Waals surface area contributed by atoms with E-state index in [0.717, 1.165) is 10.6 Å². The summed E-state index contributed by atoms with van der Waals surface area (Å²) in [5.41, 5.74) is 2.69. The minimum Gasteiger partial charge on any atom is -0.465 e. The number of hydrogen-bond donors (Lipinski definition) is 1. The fourth-order valence-corrected chi connectivity index (χ4v) is 4.33. The number of benzene rings is 2. The highest BCUT2D eigenvalue weighted by molar-refractivity contribution is 7.99. The van der Waals surface area contributed by atoms with Gasteiger partial charge in [0, 0.05) is 28.9 Å². The summed E-state index contributed by atoms with van der Waals surface area (Å²) in [6.45, 7) is 2.41. The summed E-state index contributed by atoms with van der Waals surface area (Å²) in [5.74, 6) is -0.849. The van der Waals surface area contributed by atoms with E-state index in [-0.39, 0.29) is 11.8 Å². The SMILES string of the molecule is CCN1C(=O)c2cccnc2Sc2cc(C(=O)Nc3ccc(C(=O)OC)cc3)ccc21. The molecule has 2 aromatic carbocycles. The van der Waals surface area contributed by atoms with Crippen LogP contribution in [0.5, 0.6) is 0 Å². The molecule has 0 bridgehead atoms. The van der Waals surface area contributed by atoms with Crippen LogP contribution in [0, 0.1) is 0 Å². The van der Waals surface area contributed by atoms with Gasteiger partial charge in [-0.1, -0.05) is 11.8 Å². The zero-order chi connectivity index (χ0) is 22.0. The lowest BCUT2D eigenvalue weighted by Crippen LogP contribution is -2.30. The Morgan fingerprint density at radius 1 is 1.10 bits per heavy atom. The van der Waals surface area contributed by atoms with Crippen LogP contribution >= 0.6 is 11.8 Å². The largest absolute Gasteiger partial charge is 0.465 e. The predicted octanol–water partition coefficient (Wildman–Crippen LogP) is 4.25. The van der Waals surface area contributed by atoms with Crippen LogP contribution in [0.1, 0.15) is 38.0 Å². The van der Waals surface area contributed by atoms with Gasteiger partial charge < -0.3 is 15.0 Å². The number of carbonyl (C=O) groups excluding carboxylic acids is 3. The molecule has 0 saturated carbocycles. The second-order valence-electron chi connectivity index (χ2n) is 6.71. The van der Waals surface area contributed by atoms with Crippen molar-refractivity contribution in [3.8, 4) is 0 Å². The van der Waals surface area contributed by atoms with Gasteiger partial charge in [0.1, 0.15) is 5.03 Å². The number of methoxy groups -OCH3 is 1. The number of hydrogen-bond acceptors (Lipinski definition) is 6. The summed E-state index contributed by atoms with van der Waals surface area (Å²) in [7, 11) is 1.31. The van der Waals surface area contributed by atoms with Crippen LogP contribution in [-0.4, -0.2) is 36.4 Å². The van der Waals surface area contributed by atoms with Crippen LogP contribution in [-0.2, 0) is 4.74 Å². The molecule has 3 aromatic rings. The van der Waals surface area contributed by atoms with E-state index in [1.54, 1.807) is 65.7 Å². The van der Waals surface area contributed by atoms with E-state index in [9.17, 15) is 14.4 Å². The number of pyridine rings is 1. The number of anilines is 2. The molecule has 7 nitrogen and oxygen atoms in total. The molecular formula is C23H19N3O4S. The first-order valence-corrected chi connectivity index (χ1v) is 10.4. The minimum absolute atomic E-state index is 0.111. The zero-order valence-corrected chi connectivity index (χ0v) is 17.7. The summed E-state index contributed by atoms with van der Waals surface area (Å²) >= 11 is 1.37. The molecule has 0 fully saturated rings. The molecule has 0 atom stereocenters. The highest BCUT2D eigenvalue weighted by atomic mass is 32.2. The Balaban J connectivity index is 1.62. The van der Waals surface area contributed by atoms with Crippen LogP contribution in [0.25, 0.3) is 0 Å². The molecule has 0 unspecified atom stereocenters. The molecular weight excluding hydrogens is 414 g/mol. The summed E-state index contributed by atoms with van der Waals surface area (Å²) in [4.78, 5) is 44.1. The number of ether oxygens (including phenoxy) is 1. The highest BCUT2D eigenvalue weighted by Crippen LogP contribution is 2.40. The van der Waals surface area contributed by atoms with Crippen LogP contribution in [0.2, 0.25) is 0 Å². The molecule has 1 aromatic heterocycles. The van der Waals surface area contributed by atoms with E-state index < -0.39 is 5.97 Å². The fraction of sp³-hybridized carbons (Fsp3) is 0.130. The average molecular weight is 433 g/mol. The number of nitrogens with zero attached hydrogens (tertiary/aromatic N) is 2. The van der Waals surface area contributed by atoms with Crippen molar-refractivity contribution in [2.75, 3.05) is 23.9 Å². The first-order valence-electron chi connectivity index (χ1n) is 9.60. The molecule has 0 aliphatic carbocycles.